The number of rotatable bonds is 6. The average molecular weight is 355 g/mol. The Morgan fingerprint density at radius 1 is 0.880 bits per heavy atom. The van der Waals surface area contributed by atoms with Gasteiger partial charge in [-0.05, 0) is 36.4 Å². The van der Waals surface area contributed by atoms with Gasteiger partial charge in [-0.2, -0.15) is 0 Å². The molecule has 0 atom stereocenters. The normalized spacial score (nSPS) is 11.0. The van der Waals surface area contributed by atoms with Crippen molar-refractivity contribution in [1.29, 1.82) is 0 Å². The van der Waals surface area contributed by atoms with Crippen LogP contribution in [-0.4, -0.2) is 24.8 Å². The summed E-state index contributed by atoms with van der Waals surface area (Å²) in [6.45, 7) is 0. The zero-order valence-electron chi connectivity index (χ0n) is 13.3. The van der Waals surface area contributed by atoms with Gasteiger partial charge in [0.25, 0.3) is 15.9 Å². The summed E-state index contributed by atoms with van der Waals surface area (Å²) in [4.78, 5) is 12.0. The van der Waals surface area contributed by atoms with Crippen LogP contribution < -0.4 is 10.0 Å². The lowest BCUT2D eigenvalue weighted by Gasteiger charge is -2.13. The molecule has 0 aliphatic carbocycles. The van der Waals surface area contributed by atoms with Crippen LogP contribution >= 0.6 is 0 Å². The van der Waals surface area contributed by atoms with Gasteiger partial charge in [0.2, 0.25) is 0 Å². The van der Waals surface area contributed by atoms with Gasteiger partial charge in [-0.25, -0.2) is 13.1 Å². The highest BCUT2D eigenvalue weighted by atomic mass is 32.2. The van der Waals surface area contributed by atoms with E-state index in [1.54, 1.807) is 36.4 Å². The molecule has 6 nitrogen and oxygen atoms in total. The molecule has 7 heteroatoms. The van der Waals surface area contributed by atoms with Crippen molar-refractivity contribution in [2.45, 2.75) is 0 Å². The third kappa shape index (κ3) is 4.27. The third-order valence-corrected chi connectivity index (χ3v) is 4.54. The lowest BCUT2D eigenvalue weighted by molar-refractivity contribution is 0.0981. The number of nitrogens with zero attached hydrogens (tertiary/aromatic N) is 1. The fourth-order valence-corrected chi connectivity index (χ4v) is 3.16. The first-order valence-corrected chi connectivity index (χ1v) is 9.26. The molecule has 0 unspecified atom stereocenters. The Hall–Kier alpha value is -3.06. The molecule has 1 amide bonds. The summed E-state index contributed by atoms with van der Waals surface area (Å²) < 4.78 is 28.3. The number of carbonyl (C=O) groups excluding carboxylic acids is 1. The second-order valence-corrected chi connectivity index (χ2v) is 7.06. The maximum absolute atomic E-state index is 12.2. The standard InChI is InChI=1S/C18H17N3O3S/c22-18(15-8-2-1-3-9-15)20-25(23,24)14-19-16-10-4-5-11-17(16)21-12-6-7-13-21/h1-13,19H,14H2,(H,20,22). The molecule has 1 heterocycles. The number of para-hydroxylation sites is 2. The van der Waals surface area contributed by atoms with Gasteiger partial charge in [-0.15, -0.1) is 0 Å². The predicted octanol–water partition coefficient (Wildman–Crippen LogP) is 2.61. The van der Waals surface area contributed by atoms with E-state index in [0.29, 0.717) is 11.3 Å². The first-order valence-electron chi connectivity index (χ1n) is 7.61. The number of anilines is 1. The molecule has 0 aliphatic rings. The second-order valence-electron chi connectivity index (χ2n) is 5.34. The maximum atomic E-state index is 12.2. The number of aromatic nitrogens is 1. The summed E-state index contributed by atoms with van der Waals surface area (Å²) in [6, 6.07) is 19.3. The fourth-order valence-electron chi connectivity index (χ4n) is 2.34. The van der Waals surface area contributed by atoms with E-state index in [9.17, 15) is 13.2 Å². The Labute approximate surface area is 146 Å². The van der Waals surface area contributed by atoms with E-state index in [4.69, 9.17) is 0 Å². The summed E-state index contributed by atoms with van der Waals surface area (Å²) >= 11 is 0. The van der Waals surface area contributed by atoms with Gasteiger partial charge in [0.15, 0.2) is 0 Å². The second kappa shape index (κ2) is 7.23. The molecule has 0 radical (unpaired) electrons. The van der Waals surface area contributed by atoms with Crippen LogP contribution in [0.2, 0.25) is 0 Å². The minimum absolute atomic E-state index is 0.291. The lowest BCUT2D eigenvalue weighted by Crippen LogP contribution is -2.34. The van der Waals surface area contributed by atoms with Crippen molar-refractivity contribution in [2.24, 2.45) is 0 Å². The van der Waals surface area contributed by atoms with Crippen molar-refractivity contribution >= 4 is 21.6 Å². The van der Waals surface area contributed by atoms with Crippen LogP contribution in [-0.2, 0) is 10.0 Å². The van der Waals surface area contributed by atoms with Crippen molar-refractivity contribution < 1.29 is 13.2 Å². The summed E-state index contributed by atoms with van der Waals surface area (Å²) in [5.74, 6) is -1.06. The minimum Gasteiger partial charge on any atom is -0.368 e. The quantitative estimate of drug-likeness (QED) is 0.712. The molecular formula is C18H17N3O3S. The number of hydrogen-bond donors (Lipinski definition) is 2. The van der Waals surface area contributed by atoms with Crippen LogP contribution in [0.5, 0.6) is 0 Å². The molecule has 128 valence electrons. The molecule has 0 bridgehead atoms. The number of hydrogen-bond acceptors (Lipinski definition) is 4. The van der Waals surface area contributed by atoms with E-state index < -0.39 is 21.8 Å². The molecule has 0 fully saturated rings. The van der Waals surface area contributed by atoms with E-state index in [0.717, 1.165) is 5.69 Å². The number of benzene rings is 2. The van der Waals surface area contributed by atoms with E-state index in [1.165, 1.54) is 0 Å². The topological polar surface area (TPSA) is 80.2 Å². The zero-order chi connectivity index (χ0) is 17.7. The number of sulfonamides is 1. The van der Waals surface area contributed by atoms with Gasteiger partial charge in [-0.3, -0.25) is 4.79 Å². The minimum atomic E-state index is -3.83. The summed E-state index contributed by atoms with van der Waals surface area (Å²) in [7, 11) is -3.83. The summed E-state index contributed by atoms with van der Waals surface area (Å²) in [6.07, 6.45) is 3.73. The summed E-state index contributed by atoms with van der Waals surface area (Å²) in [5, 5.41) is 2.88. The van der Waals surface area contributed by atoms with Gasteiger partial charge < -0.3 is 9.88 Å². The SMILES string of the molecule is O=C(NS(=O)(=O)CNc1ccccc1-n1cccc1)c1ccccc1. The Bertz CT molecular complexity index is 952. The highest BCUT2D eigenvalue weighted by molar-refractivity contribution is 7.90. The van der Waals surface area contributed by atoms with Crippen molar-refractivity contribution in [2.75, 3.05) is 11.2 Å². The molecule has 25 heavy (non-hydrogen) atoms. The smallest absolute Gasteiger partial charge is 0.264 e. The third-order valence-electron chi connectivity index (χ3n) is 3.52. The van der Waals surface area contributed by atoms with Gasteiger partial charge in [-0.1, -0.05) is 30.3 Å². The first kappa shape index (κ1) is 16.8. The van der Waals surface area contributed by atoms with Crippen LogP contribution in [0.15, 0.2) is 79.1 Å². The Kier molecular flexibility index (Phi) is 4.85. The van der Waals surface area contributed by atoms with Crippen LogP contribution in [0.25, 0.3) is 5.69 Å². The number of carbonyl (C=O) groups is 1. The molecule has 0 aliphatic heterocycles. The first-order chi connectivity index (χ1) is 12.1. The number of nitrogens with one attached hydrogen (secondary N) is 2. The molecule has 0 saturated heterocycles. The van der Waals surface area contributed by atoms with E-state index >= 15 is 0 Å². The van der Waals surface area contributed by atoms with Crippen molar-refractivity contribution in [3.05, 3.63) is 84.7 Å². The van der Waals surface area contributed by atoms with Crippen LogP contribution in [0.4, 0.5) is 5.69 Å². The molecule has 3 rings (SSSR count). The van der Waals surface area contributed by atoms with Crippen molar-refractivity contribution in [3.63, 3.8) is 0 Å². The van der Waals surface area contributed by atoms with Gasteiger partial charge in [0, 0.05) is 18.0 Å². The average Bonchev–Trinajstić information content (AvgIpc) is 3.15. The fraction of sp³-hybridized carbons (Fsp3) is 0.0556. The maximum Gasteiger partial charge on any atom is 0.264 e. The number of amides is 1. The molecule has 3 aromatic rings. The molecular weight excluding hydrogens is 338 g/mol. The predicted molar refractivity (Wildman–Crippen MR) is 97.1 cm³/mol. The Balaban J connectivity index is 1.70. The highest BCUT2D eigenvalue weighted by Gasteiger charge is 2.16. The van der Waals surface area contributed by atoms with Crippen LogP contribution in [0.3, 0.4) is 0 Å². The van der Waals surface area contributed by atoms with E-state index in [1.807, 2.05) is 47.3 Å². The van der Waals surface area contributed by atoms with Crippen LogP contribution in [0.1, 0.15) is 10.4 Å². The van der Waals surface area contributed by atoms with E-state index in [2.05, 4.69) is 10.0 Å². The van der Waals surface area contributed by atoms with Crippen molar-refractivity contribution in [3.8, 4) is 5.69 Å². The van der Waals surface area contributed by atoms with E-state index in [-0.39, 0.29) is 0 Å². The summed E-state index contributed by atoms with van der Waals surface area (Å²) in [5.41, 5.74) is 1.76. The van der Waals surface area contributed by atoms with Crippen molar-refractivity contribution in [1.82, 2.24) is 9.29 Å². The van der Waals surface area contributed by atoms with Gasteiger partial charge in [0.1, 0.15) is 5.88 Å². The molecule has 2 N–H and O–H groups in total. The Morgan fingerprint density at radius 2 is 1.52 bits per heavy atom. The largest absolute Gasteiger partial charge is 0.368 e. The molecule has 2 aromatic carbocycles. The molecule has 0 spiro atoms. The Morgan fingerprint density at radius 3 is 2.24 bits per heavy atom. The molecule has 0 saturated carbocycles. The molecule has 1 aromatic heterocycles. The van der Waals surface area contributed by atoms with Crippen LogP contribution in [0, 0.1) is 0 Å². The zero-order valence-corrected chi connectivity index (χ0v) is 14.1. The highest BCUT2D eigenvalue weighted by Crippen LogP contribution is 2.20. The van der Waals surface area contributed by atoms with Gasteiger partial charge >= 0.3 is 0 Å². The lowest BCUT2D eigenvalue weighted by atomic mass is 10.2. The van der Waals surface area contributed by atoms with Gasteiger partial charge in [0.05, 0.1) is 11.4 Å². The monoisotopic (exact) mass is 355 g/mol.